The van der Waals surface area contributed by atoms with Crippen LogP contribution in [0.1, 0.15) is 63.6 Å². The molecule has 7 nitrogen and oxygen atoms in total. The van der Waals surface area contributed by atoms with Crippen molar-refractivity contribution in [2.45, 2.75) is 44.8 Å². The molecule has 2 aliphatic rings. The van der Waals surface area contributed by atoms with Gasteiger partial charge in [-0.15, -0.1) is 0 Å². The first-order valence-corrected chi connectivity index (χ1v) is 14.0. The molecule has 11 heteroatoms. The highest BCUT2D eigenvalue weighted by atomic mass is 35.5. The van der Waals surface area contributed by atoms with Crippen LogP contribution in [-0.4, -0.2) is 37.1 Å². The van der Waals surface area contributed by atoms with Crippen LogP contribution in [-0.2, 0) is 11.2 Å². The number of pyridine rings is 1. The molecule has 41 heavy (non-hydrogen) atoms. The van der Waals surface area contributed by atoms with Gasteiger partial charge in [-0.3, -0.25) is 9.78 Å². The van der Waals surface area contributed by atoms with Crippen molar-refractivity contribution in [3.8, 4) is 17.2 Å². The summed E-state index contributed by atoms with van der Waals surface area (Å²) < 4.78 is 48.3. The number of carbonyl (C=O) groups is 2. The van der Waals surface area contributed by atoms with E-state index in [1.165, 1.54) is 42.7 Å². The van der Waals surface area contributed by atoms with Gasteiger partial charge in [0.25, 0.3) is 0 Å². The number of carbonyl (C=O) groups excluding carboxylic acids is 2. The highest BCUT2D eigenvalue weighted by Crippen LogP contribution is 2.38. The van der Waals surface area contributed by atoms with Gasteiger partial charge >= 0.3 is 12.6 Å². The number of alkyl halides is 2. The van der Waals surface area contributed by atoms with Gasteiger partial charge in [0.2, 0.25) is 0 Å². The summed E-state index contributed by atoms with van der Waals surface area (Å²) in [5, 5.41) is 0.531. The van der Waals surface area contributed by atoms with Crippen LogP contribution >= 0.6 is 23.2 Å². The number of hydrogen-bond acceptors (Lipinski definition) is 7. The summed E-state index contributed by atoms with van der Waals surface area (Å²) in [4.78, 5) is 29.1. The molecule has 2 aliphatic carbocycles. The Morgan fingerprint density at radius 1 is 0.927 bits per heavy atom. The number of esters is 1. The number of hydrogen-bond donors (Lipinski definition) is 0. The zero-order valence-corrected chi connectivity index (χ0v) is 23.4. The van der Waals surface area contributed by atoms with Gasteiger partial charge in [-0.1, -0.05) is 29.3 Å². The van der Waals surface area contributed by atoms with E-state index in [-0.39, 0.29) is 39.1 Å². The molecule has 0 radical (unpaired) electrons. The maximum Gasteiger partial charge on any atom is 0.387 e. The molecule has 1 atom stereocenters. The number of ether oxygens (including phenoxy) is 4. The number of benzene rings is 2. The lowest BCUT2D eigenvalue weighted by molar-refractivity contribution is -0.0515. The highest BCUT2D eigenvalue weighted by molar-refractivity contribution is 6.35. The van der Waals surface area contributed by atoms with Crippen molar-refractivity contribution < 1.29 is 37.3 Å². The van der Waals surface area contributed by atoms with E-state index in [1.807, 2.05) is 0 Å². The third kappa shape index (κ3) is 7.86. The third-order valence-corrected chi connectivity index (χ3v) is 7.51. The Bertz CT molecular complexity index is 1390. The van der Waals surface area contributed by atoms with Crippen LogP contribution in [0.25, 0.3) is 0 Å². The Morgan fingerprint density at radius 3 is 2.17 bits per heavy atom. The van der Waals surface area contributed by atoms with Crippen LogP contribution in [0, 0.1) is 11.8 Å². The molecule has 0 unspecified atom stereocenters. The largest absolute Gasteiger partial charge is 0.493 e. The summed E-state index contributed by atoms with van der Waals surface area (Å²) in [6.45, 7) is -2.19. The summed E-state index contributed by atoms with van der Waals surface area (Å²) in [5.74, 6) is 0.477. The molecular weight excluding hydrogens is 579 g/mol. The number of rotatable bonds is 14. The Hall–Kier alpha value is -3.43. The first-order chi connectivity index (χ1) is 19.8. The predicted molar refractivity (Wildman–Crippen MR) is 147 cm³/mol. The Morgan fingerprint density at radius 2 is 1.56 bits per heavy atom. The zero-order valence-electron chi connectivity index (χ0n) is 21.9. The van der Waals surface area contributed by atoms with Crippen molar-refractivity contribution in [1.29, 1.82) is 0 Å². The first kappa shape index (κ1) is 29.1. The van der Waals surface area contributed by atoms with Crippen LogP contribution in [0.3, 0.4) is 0 Å². The van der Waals surface area contributed by atoms with Crippen LogP contribution < -0.4 is 14.2 Å². The second-order valence-corrected chi connectivity index (χ2v) is 11.0. The van der Waals surface area contributed by atoms with Crippen molar-refractivity contribution >= 4 is 35.5 Å². The standard InChI is InChI=1S/C30H27Cl2F2NO6/c31-23-12-35-13-24(32)22(23)11-27(19-5-8-26(41-30(33)34)28(10-19)39-16-18-3-4-18)40-29(37)20-6-7-25(21(9-20)14-36)38-15-17-1-2-17/h5-10,12-14,17-18,27,30H,1-4,11,15-16H2/t27-/m0/s1. The molecule has 2 saturated carbocycles. The van der Waals surface area contributed by atoms with E-state index >= 15 is 0 Å². The van der Waals surface area contributed by atoms with Gasteiger partial charge in [0, 0.05) is 18.8 Å². The lowest BCUT2D eigenvalue weighted by Gasteiger charge is -2.22. The average molecular weight is 606 g/mol. The van der Waals surface area contributed by atoms with Gasteiger partial charge in [-0.05, 0) is 79.0 Å². The van der Waals surface area contributed by atoms with Crippen molar-refractivity contribution in [3.05, 3.63) is 81.1 Å². The number of aldehydes is 1. The van der Waals surface area contributed by atoms with Gasteiger partial charge in [0.1, 0.15) is 11.9 Å². The maximum atomic E-state index is 13.4. The van der Waals surface area contributed by atoms with Crippen LogP contribution in [0.4, 0.5) is 8.78 Å². The van der Waals surface area contributed by atoms with E-state index in [0.717, 1.165) is 25.7 Å². The van der Waals surface area contributed by atoms with Gasteiger partial charge in [0.05, 0.1) is 34.4 Å². The highest BCUT2D eigenvalue weighted by Gasteiger charge is 2.27. The van der Waals surface area contributed by atoms with E-state index in [4.69, 9.17) is 37.4 Å². The molecule has 5 rings (SSSR count). The summed E-state index contributed by atoms with van der Waals surface area (Å²) in [6, 6.07) is 8.85. The molecule has 0 spiro atoms. The first-order valence-electron chi connectivity index (χ1n) is 13.2. The third-order valence-electron chi connectivity index (χ3n) is 6.86. The number of aromatic nitrogens is 1. The van der Waals surface area contributed by atoms with E-state index in [9.17, 15) is 18.4 Å². The smallest absolute Gasteiger partial charge is 0.387 e. The summed E-state index contributed by atoms with van der Waals surface area (Å²) in [5.41, 5.74) is 1.27. The monoisotopic (exact) mass is 605 g/mol. The van der Waals surface area contributed by atoms with E-state index < -0.39 is 18.7 Å². The second-order valence-electron chi connectivity index (χ2n) is 10.1. The fourth-order valence-electron chi connectivity index (χ4n) is 4.16. The van der Waals surface area contributed by atoms with Gasteiger partial charge in [-0.25, -0.2) is 4.79 Å². The SMILES string of the molecule is O=Cc1cc(C(=O)O[C@@H](Cc2c(Cl)cncc2Cl)c2ccc(OC(F)F)c(OCC3CC3)c2)ccc1OCC1CC1. The number of halogens is 4. The Balaban J connectivity index is 1.43. The minimum absolute atomic E-state index is 0.0478. The van der Waals surface area contributed by atoms with E-state index in [2.05, 4.69) is 9.72 Å². The lowest BCUT2D eigenvalue weighted by Crippen LogP contribution is -2.16. The molecule has 1 aromatic heterocycles. The zero-order chi connectivity index (χ0) is 28.9. The molecule has 216 valence electrons. The molecule has 2 fully saturated rings. The van der Waals surface area contributed by atoms with Crippen molar-refractivity contribution in [1.82, 2.24) is 4.98 Å². The fraction of sp³-hybridized carbons (Fsp3) is 0.367. The normalized spacial score (nSPS) is 15.3. The van der Waals surface area contributed by atoms with Crippen LogP contribution in [0.5, 0.6) is 17.2 Å². The lowest BCUT2D eigenvalue weighted by atomic mass is 10.0. The molecule has 3 aromatic rings. The molecule has 2 aromatic carbocycles. The van der Waals surface area contributed by atoms with E-state index in [1.54, 1.807) is 6.07 Å². The molecule has 0 amide bonds. The molecular formula is C30H27Cl2F2NO6. The van der Waals surface area contributed by atoms with E-state index in [0.29, 0.717) is 48.2 Å². The number of nitrogens with zero attached hydrogens (tertiary/aromatic N) is 1. The fourth-order valence-corrected chi connectivity index (χ4v) is 4.68. The topological polar surface area (TPSA) is 84.0 Å². The molecule has 0 N–H and O–H groups in total. The molecule has 0 bridgehead atoms. The van der Waals surface area contributed by atoms with Crippen molar-refractivity contribution in [2.24, 2.45) is 11.8 Å². The Labute approximate surface area is 245 Å². The molecule has 0 aliphatic heterocycles. The van der Waals surface area contributed by atoms with Gasteiger partial charge in [0.15, 0.2) is 17.8 Å². The average Bonchev–Trinajstić information content (AvgIpc) is 3.88. The minimum atomic E-state index is -3.05. The second kappa shape index (κ2) is 13.0. The summed E-state index contributed by atoms with van der Waals surface area (Å²) in [7, 11) is 0. The van der Waals surface area contributed by atoms with Crippen LogP contribution in [0.15, 0.2) is 48.8 Å². The summed E-state index contributed by atoms with van der Waals surface area (Å²) in [6.07, 6.45) is 6.73. The summed E-state index contributed by atoms with van der Waals surface area (Å²) >= 11 is 12.7. The molecule has 0 saturated heterocycles. The van der Waals surface area contributed by atoms with Gasteiger partial charge in [-0.2, -0.15) is 8.78 Å². The quantitative estimate of drug-likeness (QED) is 0.139. The van der Waals surface area contributed by atoms with Crippen molar-refractivity contribution in [3.63, 3.8) is 0 Å². The maximum absolute atomic E-state index is 13.4. The minimum Gasteiger partial charge on any atom is -0.493 e. The predicted octanol–water partition coefficient (Wildman–Crippen LogP) is 7.52. The van der Waals surface area contributed by atoms with Crippen molar-refractivity contribution in [2.75, 3.05) is 13.2 Å². The molecule has 1 heterocycles. The van der Waals surface area contributed by atoms with Gasteiger partial charge < -0.3 is 18.9 Å². The van der Waals surface area contributed by atoms with Crippen LogP contribution in [0.2, 0.25) is 10.0 Å². The Kier molecular flexibility index (Phi) is 9.25.